The van der Waals surface area contributed by atoms with Crippen LogP contribution >= 0.6 is 0 Å². The number of aryl methyl sites for hydroxylation is 1. The molecule has 2 aliphatic rings. The van der Waals surface area contributed by atoms with Crippen molar-refractivity contribution in [3.05, 3.63) is 18.7 Å². The summed E-state index contributed by atoms with van der Waals surface area (Å²) in [5.41, 5.74) is 0. The van der Waals surface area contributed by atoms with Gasteiger partial charge in [0, 0.05) is 50.7 Å². The van der Waals surface area contributed by atoms with Crippen molar-refractivity contribution in [1.29, 1.82) is 0 Å². The van der Waals surface area contributed by atoms with E-state index in [1.165, 1.54) is 32.4 Å². The second-order valence-electron chi connectivity index (χ2n) is 5.85. The standard InChI is InChI=1S/C14H24N4/c1-12-9-16-14(13-3-4-13)10-18(12)7-2-6-17-8-5-15-11-17/h5,8,11-14,16H,2-4,6-7,9-10H2,1H3. The Morgan fingerprint density at radius 2 is 2.22 bits per heavy atom. The lowest BCUT2D eigenvalue weighted by Crippen LogP contribution is -2.56. The van der Waals surface area contributed by atoms with Crippen molar-refractivity contribution in [1.82, 2.24) is 19.8 Å². The lowest BCUT2D eigenvalue weighted by atomic mass is 10.1. The minimum Gasteiger partial charge on any atom is -0.337 e. The van der Waals surface area contributed by atoms with Crippen LogP contribution in [0.4, 0.5) is 0 Å². The number of rotatable bonds is 5. The highest BCUT2D eigenvalue weighted by molar-refractivity contribution is 4.93. The van der Waals surface area contributed by atoms with Crippen LogP contribution in [0.1, 0.15) is 26.2 Å². The predicted octanol–water partition coefficient (Wildman–Crippen LogP) is 1.35. The van der Waals surface area contributed by atoms with E-state index in [9.17, 15) is 0 Å². The molecule has 4 heteroatoms. The summed E-state index contributed by atoms with van der Waals surface area (Å²) < 4.78 is 2.17. The van der Waals surface area contributed by atoms with Gasteiger partial charge in [0.2, 0.25) is 0 Å². The van der Waals surface area contributed by atoms with Crippen LogP contribution in [0.3, 0.4) is 0 Å². The van der Waals surface area contributed by atoms with Crippen LogP contribution in [0, 0.1) is 5.92 Å². The molecule has 1 N–H and O–H groups in total. The minimum absolute atomic E-state index is 0.683. The van der Waals surface area contributed by atoms with Crippen LogP contribution < -0.4 is 5.32 Å². The van der Waals surface area contributed by atoms with Gasteiger partial charge in [0.05, 0.1) is 6.33 Å². The molecule has 2 atom stereocenters. The van der Waals surface area contributed by atoms with E-state index in [0.29, 0.717) is 6.04 Å². The van der Waals surface area contributed by atoms with E-state index < -0.39 is 0 Å². The smallest absolute Gasteiger partial charge is 0.0945 e. The molecule has 0 amide bonds. The lowest BCUT2D eigenvalue weighted by molar-refractivity contribution is 0.129. The quantitative estimate of drug-likeness (QED) is 0.854. The molecule has 1 saturated carbocycles. The van der Waals surface area contributed by atoms with Crippen molar-refractivity contribution in [3.8, 4) is 0 Å². The molecular weight excluding hydrogens is 224 g/mol. The molecule has 100 valence electrons. The van der Waals surface area contributed by atoms with Gasteiger partial charge in [0.25, 0.3) is 0 Å². The molecule has 0 radical (unpaired) electrons. The molecule has 2 heterocycles. The second-order valence-corrected chi connectivity index (χ2v) is 5.85. The Labute approximate surface area is 109 Å². The van der Waals surface area contributed by atoms with E-state index in [0.717, 1.165) is 25.0 Å². The zero-order valence-corrected chi connectivity index (χ0v) is 11.3. The number of nitrogens with zero attached hydrogens (tertiary/aromatic N) is 3. The maximum atomic E-state index is 4.09. The summed E-state index contributed by atoms with van der Waals surface area (Å²) in [7, 11) is 0. The normalized spacial score (nSPS) is 29.6. The number of imidazole rings is 1. The van der Waals surface area contributed by atoms with Gasteiger partial charge in [-0.2, -0.15) is 0 Å². The van der Waals surface area contributed by atoms with Crippen molar-refractivity contribution >= 4 is 0 Å². The van der Waals surface area contributed by atoms with Crippen molar-refractivity contribution < 1.29 is 0 Å². The zero-order valence-electron chi connectivity index (χ0n) is 11.3. The van der Waals surface area contributed by atoms with E-state index in [2.05, 4.69) is 26.7 Å². The third-order valence-electron chi connectivity index (χ3n) is 4.34. The molecule has 18 heavy (non-hydrogen) atoms. The Hall–Kier alpha value is -0.870. The fraction of sp³-hybridized carbons (Fsp3) is 0.786. The van der Waals surface area contributed by atoms with Crippen LogP contribution in [-0.2, 0) is 6.54 Å². The summed E-state index contributed by atoms with van der Waals surface area (Å²) >= 11 is 0. The Bertz CT molecular complexity index is 358. The average Bonchev–Trinajstić information content (AvgIpc) is 3.10. The third-order valence-corrected chi connectivity index (χ3v) is 4.34. The number of nitrogens with one attached hydrogen (secondary N) is 1. The molecule has 1 aliphatic heterocycles. The Morgan fingerprint density at radius 1 is 1.33 bits per heavy atom. The lowest BCUT2D eigenvalue weighted by Gasteiger charge is -2.39. The molecule has 3 rings (SSSR count). The highest BCUT2D eigenvalue weighted by atomic mass is 15.2. The van der Waals surface area contributed by atoms with Crippen LogP contribution in [-0.4, -0.2) is 46.2 Å². The largest absolute Gasteiger partial charge is 0.337 e. The summed E-state index contributed by atoms with van der Waals surface area (Å²) in [6.07, 6.45) is 9.92. The second kappa shape index (κ2) is 5.41. The van der Waals surface area contributed by atoms with Gasteiger partial charge in [-0.25, -0.2) is 4.98 Å². The topological polar surface area (TPSA) is 33.1 Å². The van der Waals surface area contributed by atoms with Gasteiger partial charge in [0.15, 0.2) is 0 Å². The summed E-state index contributed by atoms with van der Waals surface area (Å²) in [4.78, 5) is 6.75. The average molecular weight is 248 g/mol. The van der Waals surface area contributed by atoms with Crippen molar-refractivity contribution in [2.75, 3.05) is 19.6 Å². The summed E-state index contributed by atoms with van der Waals surface area (Å²) in [5.74, 6) is 0.966. The SMILES string of the molecule is CC1CNC(C2CC2)CN1CCCn1ccnc1. The first-order chi connectivity index (χ1) is 8.83. The molecule has 1 saturated heterocycles. The van der Waals surface area contributed by atoms with Gasteiger partial charge in [-0.15, -0.1) is 0 Å². The first-order valence-electron chi connectivity index (χ1n) is 7.26. The van der Waals surface area contributed by atoms with Gasteiger partial charge in [0.1, 0.15) is 0 Å². The van der Waals surface area contributed by atoms with Crippen molar-refractivity contribution in [2.24, 2.45) is 5.92 Å². The van der Waals surface area contributed by atoms with Crippen molar-refractivity contribution in [2.45, 2.75) is 44.8 Å². The Morgan fingerprint density at radius 3 is 2.94 bits per heavy atom. The van der Waals surface area contributed by atoms with Crippen LogP contribution in [0.2, 0.25) is 0 Å². The van der Waals surface area contributed by atoms with Gasteiger partial charge in [-0.3, -0.25) is 4.90 Å². The molecule has 1 aliphatic carbocycles. The fourth-order valence-corrected chi connectivity index (χ4v) is 2.95. The Balaban J connectivity index is 1.44. The fourth-order valence-electron chi connectivity index (χ4n) is 2.95. The molecule has 2 unspecified atom stereocenters. The van der Waals surface area contributed by atoms with Crippen molar-refractivity contribution in [3.63, 3.8) is 0 Å². The first-order valence-corrected chi connectivity index (χ1v) is 7.26. The first kappa shape index (κ1) is 12.2. The molecule has 2 fully saturated rings. The number of hydrogen-bond acceptors (Lipinski definition) is 3. The maximum Gasteiger partial charge on any atom is 0.0945 e. The van der Waals surface area contributed by atoms with Gasteiger partial charge in [-0.05, 0) is 32.1 Å². The van der Waals surface area contributed by atoms with E-state index in [4.69, 9.17) is 0 Å². The van der Waals surface area contributed by atoms with E-state index in [1.54, 1.807) is 0 Å². The molecule has 1 aromatic heterocycles. The minimum atomic E-state index is 0.683. The van der Waals surface area contributed by atoms with Crippen LogP contribution in [0.5, 0.6) is 0 Å². The monoisotopic (exact) mass is 248 g/mol. The predicted molar refractivity (Wildman–Crippen MR) is 72.4 cm³/mol. The summed E-state index contributed by atoms with van der Waals surface area (Å²) in [6.45, 7) is 7.05. The Kier molecular flexibility index (Phi) is 3.66. The van der Waals surface area contributed by atoms with Crippen LogP contribution in [0.15, 0.2) is 18.7 Å². The highest BCUT2D eigenvalue weighted by Gasteiger charge is 2.35. The van der Waals surface area contributed by atoms with Gasteiger partial charge in [-0.1, -0.05) is 0 Å². The summed E-state index contributed by atoms with van der Waals surface area (Å²) in [6, 6.07) is 1.44. The maximum absolute atomic E-state index is 4.09. The van der Waals surface area contributed by atoms with E-state index in [-0.39, 0.29) is 0 Å². The van der Waals surface area contributed by atoms with Crippen LogP contribution in [0.25, 0.3) is 0 Å². The molecule has 0 spiro atoms. The third kappa shape index (κ3) is 2.93. The molecule has 0 bridgehead atoms. The highest BCUT2D eigenvalue weighted by Crippen LogP contribution is 2.34. The van der Waals surface area contributed by atoms with E-state index in [1.807, 2.05) is 18.7 Å². The zero-order chi connectivity index (χ0) is 12.4. The molecule has 0 aromatic carbocycles. The molecule has 4 nitrogen and oxygen atoms in total. The molecule has 1 aromatic rings. The van der Waals surface area contributed by atoms with E-state index >= 15 is 0 Å². The number of aromatic nitrogens is 2. The van der Waals surface area contributed by atoms with Gasteiger partial charge >= 0.3 is 0 Å². The number of hydrogen-bond donors (Lipinski definition) is 1. The molecular formula is C14H24N4. The number of piperazine rings is 1. The van der Waals surface area contributed by atoms with Gasteiger partial charge < -0.3 is 9.88 Å². The summed E-state index contributed by atoms with van der Waals surface area (Å²) in [5, 5.41) is 3.71.